The van der Waals surface area contributed by atoms with Crippen LogP contribution in [0.15, 0.2) is 42.5 Å². The molecular formula is C18H22INSi. The van der Waals surface area contributed by atoms with Crippen LogP contribution in [0.4, 0.5) is 0 Å². The molecule has 0 spiro atoms. The quantitative estimate of drug-likeness (QED) is 0.332. The Bertz CT molecular complexity index is 824. The highest BCUT2D eigenvalue weighted by Gasteiger charge is 2.39. The number of rotatable bonds is 1. The van der Waals surface area contributed by atoms with E-state index in [0.29, 0.717) is 5.04 Å². The minimum atomic E-state index is -1.66. The van der Waals surface area contributed by atoms with E-state index in [4.69, 9.17) is 0 Å². The van der Waals surface area contributed by atoms with Crippen molar-refractivity contribution >= 4 is 52.6 Å². The first-order valence-corrected chi connectivity index (χ1v) is 11.5. The molecule has 3 aromatic rings. The number of para-hydroxylation sites is 1. The van der Waals surface area contributed by atoms with E-state index in [-0.39, 0.29) is 0 Å². The van der Waals surface area contributed by atoms with Gasteiger partial charge in [-0.1, -0.05) is 52.1 Å². The van der Waals surface area contributed by atoms with Crippen LogP contribution in [-0.2, 0) is 0 Å². The van der Waals surface area contributed by atoms with Crippen LogP contribution in [0.3, 0.4) is 0 Å². The van der Waals surface area contributed by atoms with Crippen LogP contribution in [0.5, 0.6) is 0 Å². The van der Waals surface area contributed by atoms with E-state index in [1.807, 2.05) is 0 Å². The van der Waals surface area contributed by atoms with Crippen LogP contribution < -0.4 is 0 Å². The zero-order valence-corrected chi connectivity index (χ0v) is 16.5. The molecule has 1 aromatic heterocycles. The predicted octanol–water partition coefficient (Wildman–Crippen LogP) is 6.25. The fourth-order valence-electron chi connectivity index (χ4n) is 2.88. The highest BCUT2D eigenvalue weighted by atomic mass is 127. The van der Waals surface area contributed by atoms with Gasteiger partial charge in [-0.3, -0.25) is 0 Å². The molecule has 21 heavy (non-hydrogen) atoms. The molecule has 3 heteroatoms. The summed E-state index contributed by atoms with van der Waals surface area (Å²) in [7, 11) is -1.66. The Kier molecular flexibility index (Phi) is 3.48. The lowest BCUT2D eigenvalue weighted by Gasteiger charge is -2.39. The molecule has 1 heterocycles. The van der Waals surface area contributed by atoms with Crippen LogP contribution in [0.2, 0.25) is 18.1 Å². The van der Waals surface area contributed by atoms with Gasteiger partial charge in [0.05, 0.1) is 0 Å². The van der Waals surface area contributed by atoms with E-state index in [9.17, 15) is 0 Å². The predicted molar refractivity (Wildman–Crippen MR) is 105 cm³/mol. The molecule has 0 aliphatic rings. The topological polar surface area (TPSA) is 4.93 Å². The first-order chi connectivity index (χ1) is 9.73. The minimum absolute atomic E-state index is 0.310. The third-order valence-electron chi connectivity index (χ3n) is 5.03. The van der Waals surface area contributed by atoms with Crippen molar-refractivity contribution in [3.8, 4) is 0 Å². The molecule has 0 aliphatic carbocycles. The summed E-state index contributed by atoms with van der Waals surface area (Å²) in [5.74, 6) is 0. The number of hydrogen-bond acceptors (Lipinski definition) is 0. The molecular weight excluding hydrogens is 385 g/mol. The number of halogens is 1. The van der Waals surface area contributed by atoms with Gasteiger partial charge in [0.25, 0.3) is 0 Å². The maximum Gasteiger partial charge on any atom is 0.161 e. The van der Waals surface area contributed by atoms with Gasteiger partial charge in [0.2, 0.25) is 0 Å². The fourth-order valence-corrected chi connectivity index (χ4v) is 5.64. The average Bonchev–Trinajstić information content (AvgIpc) is 2.72. The second-order valence-corrected chi connectivity index (χ2v) is 13.6. The summed E-state index contributed by atoms with van der Waals surface area (Å²) in [6, 6.07) is 15.7. The summed E-state index contributed by atoms with van der Waals surface area (Å²) >= 11 is 2.41. The summed E-state index contributed by atoms with van der Waals surface area (Å²) in [5.41, 5.74) is 2.78. The summed E-state index contributed by atoms with van der Waals surface area (Å²) in [6.45, 7) is 12.1. The van der Waals surface area contributed by atoms with Crippen LogP contribution >= 0.6 is 22.6 Å². The van der Waals surface area contributed by atoms with Crippen molar-refractivity contribution in [3.05, 3.63) is 46.0 Å². The van der Waals surface area contributed by atoms with E-state index < -0.39 is 8.24 Å². The first-order valence-electron chi connectivity index (χ1n) is 7.43. The summed E-state index contributed by atoms with van der Waals surface area (Å²) in [4.78, 5) is 0. The Morgan fingerprint density at radius 2 is 1.52 bits per heavy atom. The van der Waals surface area contributed by atoms with Gasteiger partial charge in [0.1, 0.15) is 0 Å². The van der Waals surface area contributed by atoms with Crippen molar-refractivity contribution in [1.29, 1.82) is 0 Å². The Morgan fingerprint density at radius 1 is 0.905 bits per heavy atom. The van der Waals surface area contributed by atoms with Crippen molar-refractivity contribution in [2.75, 3.05) is 0 Å². The van der Waals surface area contributed by atoms with E-state index in [2.05, 4.69) is 103 Å². The van der Waals surface area contributed by atoms with Crippen molar-refractivity contribution in [3.63, 3.8) is 0 Å². The monoisotopic (exact) mass is 407 g/mol. The molecule has 2 aromatic carbocycles. The molecule has 0 saturated carbocycles. The maximum atomic E-state index is 2.66. The summed E-state index contributed by atoms with van der Waals surface area (Å²) in [5, 5.41) is 3.09. The summed E-state index contributed by atoms with van der Waals surface area (Å²) in [6.07, 6.45) is 0. The number of hydrogen-bond donors (Lipinski definition) is 0. The Labute approximate surface area is 141 Å². The highest BCUT2D eigenvalue weighted by molar-refractivity contribution is 14.1. The van der Waals surface area contributed by atoms with Crippen molar-refractivity contribution < 1.29 is 0 Å². The molecule has 0 saturated heterocycles. The average molecular weight is 407 g/mol. The molecule has 0 atom stereocenters. The number of aromatic nitrogens is 1. The molecule has 0 fully saturated rings. The van der Waals surface area contributed by atoms with Gasteiger partial charge in [-0.15, -0.1) is 0 Å². The van der Waals surface area contributed by atoms with Crippen LogP contribution in [-0.4, -0.2) is 12.5 Å². The lowest BCUT2D eigenvalue weighted by atomic mass is 10.2. The third kappa shape index (κ3) is 2.25. The smallest absolute Gasteiger partial charge is 0.161 e. The number of benzene rings is 2. The molecule has 0 unspecified atom stereocenters. The molecule has 110 valence electrons. The normalized spacial score (nSPS) is 13.2. The van der Waals surface area contributed by atoms with Crippen LogP contribution in [0.25, 0.3) is 21.8 Å². The second kappa shape index (κ2) is 4.85. The molecule has 0 bridgehead atoms. The zero-order chi connectivity index (χ0) is 15.4. The largest absolute Gasteiger partial charge is 0.368 e. The Balaban J connectivity index is 2.51. The first kappa shape index (κ1) is 15.1. The van der Waals surface area contributed by atoms with E-state index in [0.717, 1.165) is 0 Å². The molecule has 0 amide bonds. The van der Waals surface area contributed by atoms with Gasteiger partial charge in [-0.25, -0.2) is 0 Å². The second-order valence-electron chi connectivity index (χ2n) is 7.32. The van der Waals surface area contributed by atoms with Crippen molar-refractivity contribution in [2.45, 2.75) is 38.9 Å². The van der Waals surface area contributed by atoms with Gasteiger partial charge in [-0.05, 0) is 51.9 Å². The molecule has 3 rings (SSSR count). The molecule has 0 N–H and O–H groups in total. The molecule has 0 radical (unpaired) electrons. The molecule has 1 nitrogen and oxygen atoms in total. The van der Waals surface area contributed by atoms with Crippen molar-refractivity contribution in [2.24, 2.45) is 0 Å². The van der Waals surface area contributed by atoms with Crippen LogP contribution in [0.1, 0.15) is 20.8 Å². The standard InChI is InChI=1S/C18H22INSi/c1-18(2,3)21(4,5)20-16-9-7-6-8-14(16)15-12-13(19)10-11-17(15)20/h6-12H,1-5H3. The SMILES string of the molecule is CC(C)(C)[Si](C)(C)n1c2ccccc2c2cc(I)ccc21. The number of fused-ring (bicyclic) bond motifs is 3. The number of nitrogens with zero attached hydrogens (tertiary/aromatic N) is 1. The summed E-state index contributed by atoms with van der Waals surface area (Å²) < 4.78 is 3.96. The van der Waals surface area contributed by atoms with E-state index in [1.54, 1.807) is 0 Å². The fraction of sp³-hybridized carbons (Fsp3) is 0.333. The lowest BCUT2D eigenvalue weighted by Crippen LogP contribution is -2.45. The zero-order valence-electron chi connectivity index (χ0n) is 13.4. The van der Waals surface area contributed by atoms with Gasteiger partial charge in [0, 0.05) is 25.4 Å². The van der Waals surface area contributed by atoms with E-state index >= 15 is 0 Å². The Hall–Kier alpha value is -0.813. The van der Waals surface area contributed by atoms with Gasteiger partial charge < -0.3 is 4.23 Å². The lowest BCUT2D eigenvalue weighted by molar-refractivity contribution is 0.706. The van der Waals surface area contributed by atoms with Crippen LogP contribution in [0, 0.1) is 3.57 Å². The third-order valence-corrected chi connectivity index (χ3v) is 11.0. The minimum Gasteiger partial charge on any atom is -0.368 e. The molecule has 0 aliphatic heterocycles. The van der Waals surface area contributed by atoms with Gasteiger partial charge in [-0.2, -0.15) is 0 Å². The van der Waals surface area contributed by atoms with Crippen molar-refractivity contribution in [1.82, 2.24) is 4.23 Å². The maximum absolute atomic E-state index is 2.66. The highest BCUT2D eigenvalue weighted by Crippen LogP contribution is 2.42. The van der Waals surface area contributed by atoms with Gasteiger partial charge >= 0.3 is 0 Å². The van der Waals surface area contributed by atoms with E-state index in [1.165, 1.54) is 25.4 Å². The van der Waals surface area contributed by atoms with Gasteiger partial charge in [0.15, 0.2) is 8.24 Å². The Morgan fingerprint density at radius 3 is 2.19 bits per heavy atom.